The van der Waals surface area contributed by atoms with E-state index in [1.54, 1.807) is 6.20 Å². The van der Waals surface area contributed by atoms with Crippen LogP contribution in [0.1, 0.15) is 38.9 Å². The Morgan fingerprint density at radius 2 is 2.11 bits per heavy atom. The number of ether oxygens (including phenoxy) is 2. The van der Waals surface area contributed by atoms with E-state index in [4.69, 9.17) is 9.47 Å². The molecule has 0 radical (unpaired) electrons. The monoisotopic (exact) mass is 251 g/mol. The molecule has 0 saturated carbocycles. The summed E-state index contributed by atoms with van der Waals surface area (Å²) in [5.74, 6) is 1.61. The van der Waals surface area contributed by atoms with E-state index in [1.807, 2.05) is 13.0 Å². The minimum Gasteiger partial charge on any atom is -0.370 e. The molecule has 18 heavy (non-hydrogen) atoms. The summed E-state index contributed by atoms with van der Waals surface area (Å²) in [5, 5.41) is 3.28. The van der Waals surface area contributed by atoms with Gasteiger partial charge in [0.05, 0.1) is 13.2 Å². The standard InChI is InChI=1S/C13H21N3O2/c1-10(2)12-15-6-4-11(16-12)14-7-5-13(3)17-8-9-18-13/h4,6,10H,5,7-9H2,1-3H3,(H,14,15,16). The fraction of sp³-hybridized carbons (Fsp3) is 0.692. The molecule has 0 unspecified atom stereocenters. The quantitative estimate of drug-likeness (QED) is 0.869. The third-order valence-electron chi connectivity index (χ3n) is 2.97. The van der Waals surface area contributed by atoms with Crippen molar-refractivity contribution in [3.63, 3.8) is 0 Å². The largest absolute Gasteiger partial charge is 0.370 e. The van der Waals surface area contributed by atoms with Crippen molar-refractivity contribution in [3.8, 4) is 0 Å². The molecule has 1 N–H and O–H groups in total. The third kappa shape index (κ3) is 3.40. The summed E-state index contributed by atoms with van der Waals surface area (Å²) in [5.41, 5.74) is 0. The molecule has 0 aliphatic carbocycles. The summed E-state index contributed by atoms with van der Waals surface area (Å²) in [6.07, 6.45) is 2.59. The van der Waals surface area contributed by atoms with Gasteiger partial charge in [-0.15, -0.1) is 0 Å². The summed E-state index contributed by atoms with van der Waals surface area (Å²) in [6.45, 7) is 8.27. The van der Waals surface area contributed by atoms with Gasteiger partial charge in [0.2, 0.25) is 0 Å². The number of aromatic nitrogens is 2. The summed E-state index contributed by atoms with van der Waals surface area (Å²) >= 11 is 0. The predicted molar refractivity (Wildman–Crippen MR) is 69.5 cm³/mol. The van der Waals surface area contributed by atoms with Gasteiger partial charge in [-0.1, -0.05) is 13.8 Å². The predicted octanol–water partition coefficient (Wildman–Crippen LogP) is 2.17. The first-order valence-corrected chi connectivity index (χ1v) is 6.44. The lowest BCUT2D eigenvalue weighted by Crippen LogP contribution is -2.28. The highest BCUT2D eigenvalue weighted by molar-refractivity contribution is 5.33. The van der Waals surface area contributed by atoms with E-state index in [0.717, 1.165) is 24.6 Å². The van der Waals surface area contributed by atoms with Crippen molar-refractivity contribution in [3.05, 3.63) is 18.1 Å². The van der Waals surface area contributed by atoms with E-state index >= 15 is 0 Å². The molecule has 0 spiro atoms. The highest BCUT2D eigenvalue weighted by atomic mass is 16.7. The number of hydrogen-bond acceptors (Lipinski definition) is 5. The molecule has 100 valence electrons. The zero-order valence-electron chi connectivity index (χ0n) is 11.3. The average molecular weight is 251 g/mol. The Bertz CT molecular complexity index is 390. The van der Waals surface area contributed by atoms with Crippen molar-refractivity contribution in [1.82, 2.24) is 9.97 Å². The summed E-state index contributed by atoms with van der Waals surface area (Å²) in [4.78, 5) is 8.69. The molecule has 2 rings (SSSR count). The molecule has 0 amide bonds. The van der Waals surface area contributed by atoms with Gasteiger partial charge in [-0.25, -0.2) is 9.97 Å². The Labute approximate surface area is 108 Å². The van der Waals surface area contributed by atoms with Crippen LogP contribution < -0.4 is 5.32 Å². The van der Waals surface area contributed by atoms with Gasteiger partial charge in [-0.05, 0) is 13.0 Å². The Kier molecular flexibility index (Phi) is 4.14. The van der Waals surface area contributed by atoms with Crippen molar-refractivity contribution < 1.29 is 9.47 Å². The maximum atomic E-state index is 5.55. The molecule has 1 aromatic rings. The lowest BCUT2D eigenvalue weighted by atomic mass is 10.2. The van der Waals surface area contributed by atoms with E-state index < -0.39 is 5.79 Å². The van der Waals surface area contributed by atoms with Crippen LogP contribution in [0.25, 0.3) is 0 Å². The normalized spacial score (nSPS) is 18.2. The van der Waals surface area contributed by atoms with Gasteiger partial charge >= 0.3 is 0 Å². The van der Waals surface area contributed by atoms with Gasteiger partial charge in [0.25, 0.3) is 0 Å². The Morgan fingerprint density at radius 3 is 2.78 bits per heavy atom. The molecule has 0 aromatic carbocycles. The Balaban J connectivity index is 1.84. The van der Waals surface area contributed by atoms with Crippen LogP contribution in [-0.2, 0) is 9.47 Å². The lowest BCUT2D eigenvalue weighted by molar-refractivity contribution is -0.144. The highest BCUT2D eigenvalue weighted by Crippen LogP contribution is 2.22. The second-order valence-corrected chi connectivity index (χ2v) is 4.96. The van der Waals surface area contributed by atoms with Gasteiger partial charge < -0.3 is 14.8 Å². The first-order valence-electron chi connectivity index (χ1n) is 6.44. The number of hydrogen-bond donors (Lipinski definition) is 1. The number of anilines is 1. The van der Waals surface area contributed by atoms with Crippen LogP contribution in [0.3, 0.4) is 0 Å². The topological polar surface area (TPSA) is 56.3 Å². The zero-order valence-corrected chi connectivity index (χ0v) is 11.3. The van der Waals surface area contributed by atoms with Crippen molar-refractivity contribution >= 4 is 5.82 Å². The molecular formula is C13H21N3O2. The van der Waals surface area contributed by atoms with Gasteiger partial charge in [-0.2, -0.15) is 0 Å². The number of nitrogens with zero attached hydrogens (tertiary/aromatic N) is 2. The smallest absolute Gasteiger partial charge is 0.167 e. The van der Waals surface area contributed by atoms with Crippen molar-refractivity contribution in [1.29, 1.82) is 0 Å². The molecular weight excluding hydrogens is 230 g/mol. The Morgan fingerprint density at radius 1 is 1.39 bits per heavy atom. The van der Waals surface area contributed by atoms with E-state index in [9.17, 15) is 0 Å². The molecule has 1 aliphatic rings. The first-order chi connectivity index (χ1) is 8.59. The number of rotatable bonds is 5. The van der Waals surface area contributed by atoms with Crippen LogP contribution >= 0.6 is 0 Å². The molecule has 0 bridgehead atoms. The number of nitrogens with one attached hydrogen (secondary N) is 1. The van der Waals surface area contributed by atoms with Crippen molar-refractivity contribution in [2.45, 2.75) is 38.9 Å². The molecule has 5 nitrogen and oxygen atoms in total. The fourth-order valence-electron chi connectivity index (χ4n) is 1.87. The maximum Gasteiger partial charge on any atom is 0.167 e. The molecule has 5 heteroatoms. The Hall–Kier alpha value is -1.20. The maximum absolute atomic E-state index is 5.55. The summed E-state index contributed by atoms with van der Waals surface area (Å²) < 4.78 is 11.1. The van der Waals surface area contributed by atoms with Crippen LogP contribution in [-0.4, -0.2) is 35.5 Å². The van der Waals surface area contributed by atoms with E-state index in [2.05, 4.69) is 29.1 Å². The molecule has 1 aromatic heterocycles. The second kappa shape index (κ2) is 5.63. The molecule has 1 fully saturated rings. The van der Waals surface area contributed by atoms with E-state index in [-0.39, 0.29) is 0 Å². The lowest BCUT2D eigenvalue weighted by Gasteiger charge is -2.22. The SMILES string of the molecule is CC(C)c1nccc(NCCC2(C)OCCO2)n1. The van der Waals surface area contributed by atoms with E-state index in [1.165, 1.54) is 0 Å². The van der Waals surface area contributed by atoms with Gasteiger partial charge in [-0.3, -0.25) is 0 Å². The van der Waals surface area contributed by atoms with Crippen LogP contribution in [0.5, 0.6) is 0 Å². The summed E-state index contributed by atoms with van der Waals surface area (Å²) in [6, 6.07) is 1.88. The van der Waals surface area contributed by atoms with Gasteiger partial charge in [0.1, 0.15) is 11.6 Å². The second-order valence-electron chi connectivity index (χ2n) is 4.96. The first kappa shape index (κ1) is 13.2. The van der Waals surface area contributed by atoms with Crippen LogP contribution in [0.4, 0.5) is 5.82 Å². The minimum atomic E-state index is -0.444. The van der Waals surface area contributed by atoms with Crippen molar-refractivity contribution in [2.24, 2.45) is 0 Å². The third-order valence-corrected chi connectivity index (χ3v) is 2.97. The molecule has 1 saturated heterocycles. The summed E-state index contributed by atoms with van der Waals surface area (Å²) in [7, 11) is 0. The average Bonchev–Trinajstić information content (AvgIpc) is 2.77. The zero-order chi connectivity index (χ0) is 13.0. The van der Waals surface area contributed by atoms with Gasteiger partial charge in [0.15, 0.2) is 5.79 Å². The van der Waals surface area contributed by atoms with E-state index in [0.29, 0.717) is 19.1 Å². The molecule has 2 heterocycles. The van der Waals surface area contributed by atoms with Crippen molar-refractivity contribution in [2.75, 3.05) is 25.1 Å². The molecule has 1 aliphatic heterocycles. The van der Waals surface area contributed by atoms with Crippen LogP contribution in [0.2, 0.25) is 0 Å². The highest BCUT2D eigenvalue weighted by Gasteiger charge is 2.30. The fourth-order valence-corrected chi connectivity index (χ4v) is 1.87. The molecule has 0 atom stereocenters. The van der Waals surface area contributed by atoms with Crippen LogP contribution in [0.15, 0.2) is 12.3 Å². The van der Waals surface area contributed by atoms with Gasteiger partial charge in [0, 0.05) is 25.1 Å². The minimum absolute atomic E-state index is 0.339. The van der Waals surface area contributed by atoms with Crippen LogP contribution in [0, 0.1) is 0 Å².